The fourth-order valence-corrected chi connectivity index (χ4v) is 4.47. The van der Waals surface area contributed by atoms with Crippen molar-refractivity contribution in [3.8, 4) is 11.4 Å². The van der Waals surface area contributed by atoms with Crippen molar-refractivity contribution in [3.63, 3.8) is 0 Å². The van der Waals surface area contributed by atoms with E-state index in [2.05, 4.69) is 35.8 Å². The fourth-order valence-electron chi connectivity index (χ4n) is 4.47. The number of benzene rings is 1. The molecule has 4 aromatic rings. The van der Waals surface area contributed by atoms with Crippen LogP contribution in [0.4, 0.5) is 10.2 Å². The average molecular weight is 522 g/mol. The molecule has 38 heavy (non-hydrogen) atoms. The molecular weight excluding hydrogens is 493 g/mol. The normalized spacial score (nSPS) is 13.2. The molecule has 1 saturated heterocycles. The summed E-state index contributed by atoms with van der Waals surface area (Å²) < 4.78 is 28.5. The van der Waals surface area contributed by atoms with Crippen molar-refractivity contribution in [2.45, 2.75) is 32.5 Å². The van der Waals surface area contributed by atoms with E-state index in [0.717, 1.165) is 24.5 Å². The maximum atomic E-state index is 15.1. The number of hydrogen-bond donors (Lipinski definition) is 1. The number of ether oxygens (including phenoxy) is 2. The number of aromatic nitrogens is 7. The third kappa shape index (κ3) is 5.32. The maximum absolute atomic E-state index is 15.1. The van der Waals surface area contributed by atoms with Gasteiger partial charge in [0.05, 0.1) is 31.5 Å². The minimum absolute atomic E-state index is 0.0447. The van der Waals surface area contributed by atoms with E-state index in [-0.39, 0.29) is 24.5 Å². The summed E-state index contributed by atoms with van der Waals surface area (Å²) in [6.07, 6.45) is 7.21. The van der Waals surface area contributed by atoms with E-state index in [1.54, 1.807) is 16.9 Å². The molecule has 13 heteroatoms. The van der Waals surface area contributed by atoms with Crippen LogP contribution in [-0.2, 0) is 24.4 Å². The summed E-state index contributed by atoms with van der Waals surface area (Å²) in [4.78, 5) is 20.1. The molecular formula is C25H28FN9O3. The summed E-state index contributed by atoms with van der Waals surface area (Å²) in [6.45, 7) is 2.51. The Balaban J connectivity index is 1.33. The number of rotatable bonds is 10. The highest BCUT2D eigenvalue weighted by Gasteiger charge is 2.21. The standard InChI is InChI=1S/C25H28FN9O3/c1-37-15-20-19(14-34(30-20)13-17-5-8-23(27-11-17)33-9-3-4-10-33)25(36)28-12-18-21(35-16-29-31-32-35)6-7-22(38-2)24(18)26/h5-8,11,14,16H,3-4,9-10,12-13,15H2,1-2H3,(H,28,36). The molecule has 1 fully saturated rings. The largest absolute Gasteiger partial charge is 0.494 e. The van der Waals surface area contributed by atoms with Gasteiger partial charge in [-0.05, 0) is 47.0 Å². The van der Waals surface area contributed by atoms with E-state index in [0.29, 0.717) is 23.5 Å². The van der Waals surface area contributed by atoms with Gasteiger partial charge in [-0.2, -0.15) is 5.10 Å². The van der Waals surface area contributed by atoms with E-state index in [4.69, 9.17) is 9.47 Å². The maximum Gasteiger partial charge on any atom is 0.255 e. The molecule has 0 unspecified atom stereocenters. The van der Waals surface area contributed by atoms with Gasteiger partial charge in [0.1, 0.15) is 17.8 Å². The summed E-state index contributed by atoms with van der Waals surface area (Å²) in [6, 6.07) is 7.13. The van der Waals surface area contributed by atoms with Crippen LogP contribution >= 0.6 is 0 Å². The number of methoxy groups -OCH3 is 2. The molecule has 198 valence electrons. The van der Waals surface area contributed by atoms with Crippen molar-refractivity contribution >= 4 is 11.7 Å². The topological polar surface area (TPSA) is 125 Å². The summed E-state index contributed by atoms with van der Waals surface area (Å²) in [7, 11) is 2.91. The van der Waals surface area contributed by atoms with Crippen LogP contribution < -0.4 is 15.0 Å². The zero-order valence-electron chi connectivity index (χ0n) is 21.2. The van der Waals surface area contributed by atoms with Crippen molar-refractivity contribution in [2.75, 3.05) is 32.2 Å². The number of pyridine rings is 1. The molecule has 0 bridgehead atoms. The number of nitrogens with zero attached hydrogens (tertiary/aromatic N) is 8. The molecule has 3 aromatic heterocycles. The minimum atomic E-state index is -0.613. The van der Waals surface area contributed by atoms with Crippen LogP contribution in [0.5, 0.6) is 5.75 Å². The second kappa shape index (κ2) is 11.3. The van der Waals surface area contributed by atoms with Crippen LogP contribution in [0.25, 0.3) is 5.69 Å². The van der Waals surface area contributed by atoms with E-state index in [1.165, 1.54) is 44.1 Å². The molecule has 1 aromatic carbocycles. The molecule has 0 saturated carbocycles. The van der Waals surface area contributed by atoms with Gasteiger partial charge in [-0.3, -0.25) is 9.48 Å². The molecule has 5 rings (SSSR count). The number of tetrazole rings is 1. The Bertz CT molecular complexity index is 1380. The number of hydrogen-bond acceptors (Lipinski definition) is 9. The molecule has 0 atom stereocenters. The first-order chi connectivity index (χ1) is 18.6. The van der Waals surface area contributed by atoms with E-state index in [1.807, 2.05) is 18.3 Å². The highest BCUT2D eigenvalue weighted by molar-refractivity contribution is 5.95. The van der Waals surface area contributed by atoms with Crippen LogP contribution in [0.15, 0.2) is 43.0 Å². The van der Waals surface area contributed by atoms with Crippen molar-refractivity contribution in [1.29, 1.82) is 0 Å². The highest BCUT2D eigenvalue weighted by atomic mass is 19.1. The number of amides is 1. The van der Waals surface area contributed by atoms with E-state index < -0.39 is 11.7 Å². The van der Waals surface area contributed by atoms with Crippen LogP contribution in [-0.4, -0.2) is 68.2 Å². The van der Waals surface area contributed by atoms with Crippen LogP contribution in [0.3, 0.4) is 0 Å². The van der Waals surface area contributed by atoms with E-state index >= 15 is 4.39 Å². The molecule has 0 spiro atoms. The lowest BCUT2D eigenvalue weighted by Gasteiger charge is -2.16. The van der Waals surface area contributed by atoms with Gasteiger partial charge in [0.25, 0.3) is 5.91 Å². The van der Waals surface area contributed by atoms with Gasteiger partial charge in [-0.15, -0.1) is 5.10 Å². The monoisotopic (exact) mass is 521 g/mol. The predicted octanol–water partition coefficient (Wildman–Crippen LogP) is 2.13. The molecule has 1 aliphatic heterocycles. The summed E-state index contributed by atoms with van der Waals surface area (Å²) >= 11 is 0. The first-order valence-corrected chi connectivity index (χ1v) is 12.2. The second-order valence-corrected chi connectivity index (χ2v) is 8.86. The molecule has 4 heterocycles. The van der Waals surface area contributed by atoms with Gasteiger partial charge in [0, 0.05) is 44.7 Å². The predicted molar refractivity (Wildman–Crippen MR) is 135 cm³/mol. The molecule has 1 N–H and O–H groups in total. The summed E-state index contributed by atoms with van der Waals surface area (Å²) in [5, 5.41) is 18.4. The Labute approximate surface area is 218 Å². The van der Waals surface area contributed by atoms with Gasteiger partial charge >= 0.3 is 0 Å². The lowest BCUT2D eigenvalue weighted by molar-refractivity contribution is 0.0945. The summed E-state index contributed by atoms with van der Waals surface area (Å²) in [5.41, 5.74) is 2.32. The first-order valence-electron chi connectivity index (χ1n) is 12.2. The minimum Gasteiger partial charge on any atom is -0.494 e. The number of carbonyl (C=O) groups excluding carboxylic acids is 1. The van der Waals surface area contributed by atoms with Gasteiger partial charge in [-0.25, -0.2) is 14.1 Å². The third-order valence-electron chi connectivity index (χ3n) is 6.37. The smallest absolute Gasteiger partial charge is 0.255 e. The zero-order valence-corrected chi connectivity index (χ0v) is 21.2. The van der Waals surface area contributed by atoms with Gasteiger partial charge in [0.15, 0.2) is 11.6 Å². The quantitative estimate of drug-likeness (QED) is 0.334. The van der Waals surface area contributed by atoms with Crippen LogP contribution in [0.2, 0.25) is 0 Å². The highest BCUT2D eigenvalue weighted by Crippen LogP contribution is 2.26. The fraction of sp³-hybridized carbons (Fsp3) is 0.360. The molecule has 1 amide bonds. The molecule has 0 radical (unpaired) electrons. The van der Waals surface area contributed by atoms with Crippen LogP contribution in [0, 0.1) is 5.82 Å². The Hall–Kier alpha value is -4.39. The van der Waals surface area contributed by atoms with Crippen LogP contribution in [0.1, 0.15) is 40.0 Å². The Morgan fingerprint density at radius 3 is 2.68 bits per heavy atom. The lowest BCUT2D eigenvalue weighted by Crippen LogP contribution is -2.25. The Kier molecular flexibility index (Phi) is 7.54. The Morgan fingerprint density at radius 1 is 1.16 bits per heavy atom. The molecule has 12 nitrogen and oxygen atoms in total. The van der Waals surface area contributed by atoms with Crippen molar-refractivity contribution in [2.24, 2.45) is 0 Å². The van der Waals surface area contributed by atoms with Crippen molar-refractivity contribution < 1.29 is 18.7 Å². The van der Waals surface area contributed by atoms with Crippen molar-refractivity contribution in [1.82, 2.24) is 40.3 Å². The van der Waals surface area contributed by atoms with Gasteiger partial charge in [-0.1, -0.05) is 6.07 Å². The number of halogens is 1. The first kappa shape index (κ1) is 25.3. The summed E-state index contributed by atoms with van der Waals surface area (Å²) in [5.74, 6) is -0.0184. The van der Waals surface area contributed by atoms with Gasteiger partial charge in [0.2, 0.25) is 0 Å². The lowest BCUT2D eigenvalue weighted by atomic mass is 10.1. The molecule has 1 aliphatic rings. The second-order valence-electron chi connectivity index (χ2n) is 8.86. The number of carbonyl (C=O) groups is 1. The van der Waals surface area contributed by atoms with Gasteiger partial charge < -0.3 is 19.7 Å². The number of nitrogens with one attached hydrogen (secondary N) is 1. The zero-order chi connectivity index (χ0) is 26.5. The average Bonchev–Trinajstić information content (AvgIpc) is 3.71. The van der Waals surface area contributed by atoms with E-state index in [9.17, 15) is 4.79 Å². The Morgan fingerprint density at radius 2 is 2.00 bits per heavy atom. The molecule has 0 aliphatic carbocycles. The third-order valence-corrected chi connectivity index (χ3v) is 6.37. The van der Waals surface area contributed by atoms with Crippen molar-refractivity contribution in [3.05, 3.63) is 71.2 Å². The SMILES string of the molecule is COCc1nn(Cc2ccc(N3CCCC3)nc2)cc1C(=O)NCc1c(-n2cnnn2)ccc(OC)c1F. The number of anilines is 1.